The number of aromatic nitrogens is 3. The standard InChI is InChI=1S/C17H18N4O2/c1-11-3-5-13(6-4-11)7-8-18-16(22)14-9-15-17(23)19-12(2)10-21(15)20-14/h3-6,9-10H,7-8H2,1-2H3,(H,18,22)(H,19,23). The minimum atomic E-state index is -0.280. The molecule has 2 N–H and O–H groups in total. The van der Waals surface area contributed by atoms with Gasteiger partial charge in [-0.15, -0.1) is 0 Å². The van der Waals surface area contributed by atoms with E-state index < -0.39 is 0 Å². The van der Waals surface area contributed by atoms with Crippen molar-refractivity contribution in [2.24, 2.45) is 0 Å². The molecule has 2 aromatic heterocycles. The van der Waals surface area contributed by atoms with Crippen LogP contribution in [-0.2, 0) is 6.42 Å². The fraction of sp³-hybridized carbons (Fsp3) is 0.235. The van der Waals surface area contributed by atoms with Crippen molar-refractivity contribution in [2.75, 3.05) is 6.54 Å². The third-order valence-electron chi connectivity index (χ3n) is 3.65. The number of benzene rings is 1. The van der Waals surface area contributed by atoms with Crippen molar-refractivity contribution in [3.8, 4) is 0 Å². The summed E-state index contributed by atoms with van der Waals surface area (Å²) in [7, 11) is 0. The van der Waals surface area contributed by atoms with E-state index in [1.807, 2.05) is 19.1 Å². The molecule has 0 aliphatic carbocycles. The number of fused-ring (bicyclic) bond motifs is 1. The molecule has 0 fully saturated rings. The molecule has 0 spiro atoms. The second-order valence-corrected chi connectivity index (χ2v) is 5.62. The van der Waals surface area contributed by atoms with E-state index in [9.17, 15) is 9.59 Å². The molecule has 0 aliphatic rings. The topological polar surface area (TPSA) is 79.3 Å². The third-order valence-corrected chi connectivity index (χ3v) is 3.65. The molecule has 1 amide bonds. The first kappa shape index (κ1) is 15.0. The first-order valence-electron chi connectivity index (χ1n) is 7.46. The number of aryl methyl sites for hydroxylation is 2. The lowest BCUT2D eigenvalue weighted by Crippen LogP contribution is -2.26. The maximum atomic E-state index is 12.2. The molecular weight excluding hydrogens is 292 g/mol. The monoisotopic (exact) mass is 310 g/mol. The van der Waals surface area contributed by atoms with E-state index in [0.29, 0.717) is 17.8 Å². The molecule has 0 unspecified atom stereocenters. The number of aromatic amines is 1. The molecule has 6 heteroatoms. The summed E-state index contributed by atoms with van der Waals surface area (Å²) in [4.78, 5) is 26.7. The summed E-state index contributed by atoms with van der Waals surface area (Å²) in [6, 6.07) is 9.70. The Morgan fingerprint density at radius 2 is 2.00 bits per heavy atom. The summed E-state index contributed by atoms with van der Waals surface area (Å²) < 4.78 is 1.43. The summed E-state index contributed by atoms with van der Waals surface area (Å²) in [5, 5.41) is 6.99. The van der Waals surface area contributed by atoms with Crippen molar-refractivity contribution in [1.82, 2.24) is 19.9 Å². The van der Waals surface area contributed by atoms with E-state index in [-0.39, 0.29) is 17.2 Å². The van der Waals surface area contributed by atoms with E-state index >= 15 is 0 Å². The Hall–Kier alpha value is -2.89. The van der Waals surface area contributed by atoms with Crippen LogP contribution in [0.15, 0.2) is 41.3 Å². The first-order valence-corrected chi connectivity index (χ1v) is 7.46. The van der Waals surface area contributed by atoms with Gasteiger partial charge in [0.05, 0.1) is 0 Å². The highest BCUT2D eigenvalue weighted by Crippen LogP contribution is 2.05. The lowest BCUT2D eigenvalue weighted by molar-refractivity contribution is 0.0949. The zero-order chi connectivity index (χ0) is 16.4. The molecule has 3 aromatic rings. The molecule has 3 rings (SSSR count). The maximum Gasteiger partial charge on any atom is 0.274 e. The van der Waals surface area contributed by atoms with Gasteiger partial charge in [0.2, 0.25) is 0 Å². The number of carbonyl (C=O) groups excluding carboxylic acids is 1. The summed E-state index contributed by atoms with van der Waals surface area (Å²) in [5.41, 5.74) is 3.42. The molecule has 0 aliphatic heterocycles. The van der Waals surface area contributed by atoms with Crippen LogP contribution in [0, 0.1) is 13.8 Å². The summed E-state index contributed by atoms with van der Waals surface area (Å²) in [6.45, 7) is 4.33. The van der Waals surface area contributed by atoms with Gasteiger partial charge in [-0.3, -0.25) is 9.59 Å². The van der Waals surface area contributed by atoms with Crippen LogP contribution < -0.4 is 10.9 Å². The number of amides is 1. The van der Waals surface area contributed by atoms with Crippen LogP contribution in [0.25, 0.3) is 5.52 Å². The molecule has 0 saturated heterocycles. The molecule has 0 bridgehead atoms. The molecule has 6 nitrogen and oxygen atoms in total. The van der Waals surface area contributed by atoms with Gasteiger partial charge in [0.25, 0.3) is 11.5 Å². The maximum absolute atomic E-state index is 12.2. The lowest BCUT2D eigenvalue weighted by Gasteiger charge is -2.04. The van der Waals surface area contributed by atoms with Crippen LogP contribution in [0.5, 0.6) is 0 Å². The molecular formula is C17H18N4O2. The molecule has 1 aromatic carbocycles. The fourth-order valence-corrected chi connectivity index (χ4v) is 2.40. The molecule has 0 radical (unpaired) electrons. The Bertz CT molecular complexity index is 906. The highest BCUT2D eigenvalue weighted by atomic mass is 16.2. The Morgan fingerprint density at radius 1 is 1.26 bits per heavy atom. The number of carbonyl (C=O) groups is 1. The van der Waals surface area contributed by atoms with Gasteiger partial charge in [-0.05, 0) is 25.8 Å². The second kappa shape index (κ2) is 6.08. The molecule has 0 atom stereocenters. The summed E-state index contributed by atoms with van der Waals surface area (Å²) in [6.07, 6.45) is 2.43. The van der Waals surface area contributed by atoms with Gasteiger partial charge < -0.3 is 10.3 Å². The average molecular weight is 310 g/mol. The van der Waals surface area contributed by atoms with Crippen molar-refractivity contribution < 1.29 is 4.79 Å². The predicted octanol–water partition coefficient (Wildman–Crippen LogP) is 1.61. The minimum absolute atomic E-state index is 0.241. The molecule has 0 saturated carbocycles. The number of nitrogens with one attached hydrogen (secondary N) is 2. The van der Waals surface area contributed by atoms with Crippen LogP contribution >= 0.6 is 0 Å². The van der Waals surface area contributed by atoms with Gasteiger partial charge in [0.15, 0.2) is 5.69 Å². The van der Waals surface area contributed by atoms with E-state index in [0.717, 1.165) is 12.0 Å². The molecule has 118 valence electrons. The predicted molar refractivity (Wildman–Crippen MR) is 87.8 cm³/mol. The van der Waals surface area contributed by atoms with Crippen molar-refractivity contribution in [3.05, 3.63) is 69.4 Å². The van der Waals surface area contributed by atoms with E-state index in [1.165, 1.54) is 16.1 Å². The van der Waals surface area contributed by atoms with Gasteiger partial charge in [0, 0.05) is 24.5 Å². The fourth-order valence-electron chi connectivity index (χ4n) is 2.40. The highest BCUT2D eigenvalue weighted by molar-refractivity contribution is 5.93. The van der Waals surface area contributed by atoms with Crippen molar-refractivity contribution >= 4 is 11.4 Å². The SMILES string of the molecule is Cc1ccc(CCNC(=O)c2cc3c(=O)[nH]c(C)cn3n2)cc1. The van der Waals surface area contributed by atoms with Crippen molar-refractivity contribution in [3.63, 3.8) is 0 Å². The number of hydrogen-bond donors (Lipinski definition) is 2. The van der Waals surface area contributed by atoms with Gasteiger partial charge in [-0.25, -0.2) is 4.52 Å². The number of rotatable bonds is 4. The zero-order valence-electron chi connectivity index (χ0n) is 13.1. The second-order valence-electron chi connectivity index (χ2n) is 5.62. The Kier molecular flexibility index (Phi) is 3.97. The zero-order valence-corrected chi connectivity index (χ0v) is 13.1. The lowest BCUT2D eigenvalue weighted by atomic mass is 10.1. The average Bonchev–Trinajstić information content (AvgIpc) is 2.93. The Morgan fingerprint density at radius 3 is 2.74 bits per heavy atom. The largest absolute Gasteiger partial charge is 0.350 e. The summed E-state index contributed by atoms with van der Waals surface area (Å²) in [5.74, 6) is -0.280. The van der Waals surface area contributed by atoms with E-state index in [1.54, 1.807) is 13.1 Å². The third kappa shape index (κ3) is 3.31. The van der Waals surface area contributed by atoms with Crippen molar-refractivity contribution in [1.29, 1.82) is 0 Å². The minimum Gasteiger partial charge on any atom is -0.350 e. The molecule has 23 heavy (non-hydrogen) atoms. The molecule has 2 heterocycles. The summed E-state index contributed by atoms with van der Waals surface area (Å²) >= 11 is 0. The number of H-pyrrole nitrogens is 1. The van der Waals surface area contributed by atoms with Crippen LogP contribution in [0.4, 0.5) is 0 Å². The van der Waals surface area contributed by atoms with Gasteiger partial charge in [0.1, 0.15) is 5.52 Å². The first-order chi connectivity index (χ1) is 11.0. The van der Waals surface area contributed by atoms with Crippen LogP contribution in [0.3, 0.4) is 0 Å². The van der Waals surface area contributed by atoms with Gasteiger partial charge >= 0.3 is 0 Å². The van der Waals surface area contributed by atoms with Gasteiger partial charge in [-0.1, -0.05) is 29.8 Å². The highest BCUT2D eigenvalue weighted by Gasteiger charge is 2.12. The van der Waals surface area contributed by atoms with Gasteiger partial charge in [-0.2, -0.15) is 5.10 Å². The van der Waals surface area contributed by atoms with E-state index in [4.69, 9.17) is 0 Å². The van der Waals surface area contributed by atoms with Crippen LogP contribution in [0.2, 0.25) is 0 Å². The smallest absolute Gasteiger partial charge is 0.274 e. The normalized spacial score (nSPS) is 10.9. The Balaban J connectivity index is 1.67. The number of hydrogen-bond acceptors (Lipinski definition) is 3. The van der Waals surface area contributed by atoms with Crippen LogP contribution in [0.1, 0.15) is 27.3 Å². The van der Waals surface area contributed by atoms with Crippen molar-refractivity contribution in [2.45, 2.75) is 20.3 Å². The Labute approximate surface area is 133 Å². The van der Waals surface area contributed by atoms with Crippen LogP contribution in [-0.4, -0.2) is 27.0 Å². The number of nitrogens with zero attached hydrogens (tertiary/aromatic N) is 2. The van der Waals surface area contributed by atoms with E-state index in [2.05, 4.69) is 27.5 Å². The quantitative estimate of drug-likeness (QED) is 0.768.